The van der Waals surface area contributed by atoms with E-state index in [0.29, 0.717) is 19.3 Å². The van der Waals surface area contributed by atoms with Gasteiger partial charge >= 0.3 is 0 Å². The molecule has 1 aromatic rings. The van der Waals surface area contributed by atoms with Crippen LogP contribution < -0.4 is 10.0 Å². The maximum Gasteiger partial charge on any atom is 0.228 e. The number of carbonyl (C=O) groups is 3. The summed E-state index contributed by atoms with van der Waals surface area (Å²) in [6.07, 6.45) is 3.06. The highest BCUT2D eigenvalue weighted by molar-refractivity contribution is 7.83. The Morgan fingerprint density at radius 2 is 1.81 bits per heavy atom. The van der Waals surface area contributed by atoms with Gasteiger partial charge in [-0.25, -0.2) is 4.21 Å². The number of benzene rings is 1. The van der Waals surface area contributed by atoms with Gasteiger partial charge in [0.2, 0.25) is 12.3 Å². The van der Waals surface area contributed by atoms with E-state index >= 15 is 0 Å². The van der Waals surface area contributed by atoms with E-state index in [1.54, 1.807) is 6.92 Å². The summed E-state index contributed by atoms with van der Waals surface area (Å²) in [5.74, 6) is -0.341. The molecule has 0 saturated heterocycles. The van der Waals surface area contributed by atoms with Crippen molar-refractivity contribution in [3.8, 4) is 0 Å². The molecule has 2 amide bonds. The van der Waals surface area contributed by atoms with Crippen molar-refractivity contribution in [2.24, 2.45) is 0 Å². The summed E-state index contributed by atoms with van der Waals surface area (Å²) in [7, 11) is -1.49. The number of amides is 2. The average Bonchev–Trinajstić information content (AvgIpc) is 2.63. The normalized spacial score (nSPS) is 14.7. The smallest absolute Gasteiger partial charge is 0.228 e. The van der Waals surface area contributed by atoms with Crippen LogP contribution in [0.15, 0.2) is 24.3 Å². The zero-order chi connectivity index (χ0) is 20.2. The van der Waals surface area contributed by atoms with E-state index in [9.17, 15) is 18.6 Å². The lowest BCUT2D eigenvalue weighted by atomic mass is 9.87. The van der Waals surface area contributed by atoms with Gasteiger partial charge in [0, 0.05) is 13.3 Å². The second-order valence-electron chi connectivity index (χ2n) is 5.80. The van der Waals surface area contributed by atoms with Gasteiger partial charge in [0.05, 0.1) is 10.8 Å². The summed E-state index contributed by atoms with van der Waals surface area (Å²) < 4.78 is 14.3. The summed E-state index contributed by atoms with van der Waals surface area (Å²) in [6.45, 7) is 9.04. The summed E-state index contributed by atoms with van der Waals surface area (Å²) >= 11 is 0. The minimum absolute atomic E-state index is 0.341. The van der Waals surface area contributed by atoms with E-state index in [1.165, 1.54) is 6.92 Å². The topological polar surface area (TPSA) is 92.3 Å². The van der Waals surface area contributed by atoms with E-state index in [1.807, 2.05) is 45.0 Å². The van der Waals surface area contributed by atoms with Crippen LogP contribution in [0.1, 0.15) is 63.8 Å². The second-order valence-corrected chi connectivity index (χ2v) is 7.31. The van der Waals surface area contributed by atoms with E-state index in [0.717, 1.165) is 23.8 Å². The molecule has 6 nitrogen and oxygen atoms in total. The van der Waals surface area contributed by atoms with Crippen LogP contribution in [-0.4, -0.2) is 28.4 Å². The number of aldehydes is 1. The van der Waals surface area contributed by atoms with Crippen molar-refractivity contribution < 1.29 is 18.6 Å². The zero-order valence-corrected chi connectivity index (χ0v) is 17.0. The Morgan fingerprint density at radius 1 is 1.23 bits per heavy atom. The van der Waals surface area contributed by atoms with Crippen LogP contribution in [0.25, 0.3) is 0 Å². The Morgan fingerprint density at radius 3 is 2.23 bits per heavy atom. The molecule has 0 radical (unpaired) electrons. The molecule has 3 atom stereocenters. The first-order valence-electron chi connectivity index (χ1n) is 8.81. The number of rotatable bonds is 10. The third kappa shape index (κ3) is 7.47. The highest BCUT2D eigenvalue weighted by Gasteiger charge is 2.28. The molecule has 1 aromatic carbocycles. The van der Waals surface area contributed by atoms with Gasteiger partial charge in [0.25, 0.3) is 0 Å². The third-order valence-corrected chi connectivity index (χ3v) is 5.21. The van der Waals surface area contributed by atoms with E-state index in [-0.39, 0.29) is 11.2 Å². The number of carbonyl (C=O) groups excluding carboxylic acids is 3. The lowest BCUT2D eigenvalue weighted by Gasteiger charge is -2.27. The summed E-state index contributed by atoms with van der Waals surface area (Å²) in [5.41, 5.74) is 0.815. The Kier molecular flexibility index (Phi) is 11.4. The summed E-state index contributed by atoms with van der Waals surface area (Å²) in [5, 5.41) is 2.28. The number of hydrogen-bond acceptors (Lipinski definition) is 4. The van der Waals surface area contributed by atoms with Crippen molar-refractivity contribution in [1.29, 1.82) is 0 Å². The van der Waals surface area contributed by atoms with Crippen LogP contribution in [0.4, 0.5) is 0 Å². The molecule has 1 rings (SSSR count). The van der Waals surface area contributed by atoms with Crippen LogP contribution in [0, 0.1) is 0 Å². The minimum Gasteiger partial charge on any atom is -0.346 e. The van der Waals surface area contributed by atoms with Gasteiger partial charge in [-0.15, -0.1) is 0 Å². The van der Waals surface area contributed by atoms with Crippen molar-refractivity contribution in [2.45, 2.75) is 64.7 Å². The van der Waals surface area contributed by atoms with Gasteiger partial charge < -0.3 is 10.1 Å². The molecule has 0 spiro atoms. The van der Waals surface area contributed by atoms with Crippen molar-refractivity contribution in [2.75, 3.05) is 0 Å². The Hall–Kier alpha value is -2.02. The van der Waals surface area contributed by atoms with Gasteiger partial charge in [0.15, 0.2) is 0 Å². The first kappa shape index (κ1) is 24.0. The summed E-state index contributed by atoms with van der Waals surface area (Å²) in [6, 6.07) is 7.33. The maximum atomic E-state index is 12.0. The number of nitrogens with one attached hydrogen (secondary N) is 2. The fourth-order valence-corrected chi connectivity index (χ4v) is 3.40. The Labute approximate surface area is 158 Å². The predicted molar refractivity (Wildman–Crippen MR) is 105 cm³/mol. The highest BCUT2D eigenvalue weighted by atomic mass is 32.2. The van der Waals surface area contributed by atoms with E-state index < -0.39 is 16.5 Å². The molecule has 146 valence electrons. The monoisotopic (exact) mass is 382 g/mol. The first-order chi connectivity index (χ1) is 12.4. The molecular weight excluding hydrogens is 352 g/mol. The molecule has 0 aliphatic heterocycles. The van der Waals surface area contributed by atoms with Crippen molar-refractivity contribution in [1.82, 2.24) is 10.0 Å². The van der Waals surface area contributed by atoms with Crippen LogP contribution >= 0.6 is 0 Å². The third-order valence-electron chi connectivity index (χ3n) is 3.80. The quantitative estimate of drug-likeness (QED) is 0.608. The molecule has 0 aliphatic rings. The van der Waals surface area contributed by atoms with Crippen molar-refractivity contribution in [3.05, 3.63) is 35.4 Å². The number of hydrogen-bond donors (Lipinski definition) is 2. The average molecular weight is 383 g/mol. The molecule has 0 fully saturated rings. The molecule has 3 unspecified atom stereocenters. The molecule has 26 heavy (non-hydrogen) atoms. The van der Waals surface area contributed by atoms with Crippen LogP contribution in [0.2, 0.25) is 0 Å². The Bertz CT molecular complexity index is 604. The summed E-state index contributed by atoms with van der Waals surface area (Å²) in [4.78, 5) is 33.3. The predicted octanol–water partition coefficient (Wildman–Crippen LogP) is 2.60. The van der Waals surface area contributed by atoms with Gasteiger partial charge in [0.1, 0.15) is 17.3 Å². The zero-order valence-electron chi connectivity index (χ0n) is 16.2. The lowest BCUT2D eigenvalue weighted by molar-refractivity contribution is -0.119. The fraction of sp³-hybridized carbons (Fsp3) is 0.526. The van der Waals surface area contributed by atoms with Crippen LogP contribution in [0.3, 0.4) is 0 Å². The van der Waals surface area contributed by atoms with E-state index in [2.05, 4.69) is 10.0 Å². The largest absolute Gasteiger partial charge is 0.346 e. The van der Waals surface area contributed by atoms with Gasteiger partial charge in [-0.05, 0) is 24.5 Å². The van der Waals surface area contributed by atoms with E-state index in [4.69, 9.17) is 0 Å². The maximum absolute atomic E-state index is 12.0. The SMILES string of the molecule is CC.CCCC(C=O)(Cc1ccc(C(C)S(=O)NC(C)=O)cc1)NC=O. The molecule has 0 saturated carbocycles. The van der Waals surface area contributed by atoms with Crippen molar-refractivity contribution in [3.63, 3.8) is 0 Å². The molecule has 7 heteroatoms. The lowest BCUT2D eigenvalue weighted by Crippen LogP contribution is -2.48. The Balaban J connectivity index is 0.00000301. The second kappa shape index (κ2) is 12.4. The molecular formula is C19H30N2O4S. The van der Waals surface area contributed by atoms with Crippen LogP contribution in [0.5, 0.6) is 0 Å². The molecule has 0 heterocycles. The van der Waals surface area contributed by atoms with Gasteiger partial charge in [-0.3, -0.25) is 14.3 Å². The first-order valence-corrected chi connectivity index (χ1v) is 10.0. The van der Waals surface area contributed by atoms with Gasteiger partial charge in [-0.2, -0.15) is 0 Å². The minimum atomic E-state index is -1.49. The van der Waals surface area contributed by atoms with Gasteiger partial charge in [-0.1, -0.05) is 51.5 Å². The molecule has 0 bridgehead atoms. The highest BCUT2D eigenvalue weighted by Crippen LogP contribution is 2.22. The fourth-order valence-electron chi connectivity index (χ4n) is 2.53. The molecule has 2 N–H and O–H groups in total. The van der Waals surface area contributed by atoms with Crippen LogP contribution in [-0.2, 0) is 31.8 Å². The van der Waals surface area contributed by atoms with Crippen molar-refractivity contribution >= 4 is 29.6 Å². The molecule has 0 aliphatic carbocycles. The standard InChI is InChI=1S/C17H24N2O4S.C2H6/c1-4-9-17(11-20,18-12-21)10-15-5-7-16(8-6-15)13(2)24(23)19-14(3)22;1-2/h5-8,11-13H,4,9-10H2,1-3H3,(H,18,21)(H,19,22);1-2H3. The molecule has 0 aromatic heterocycles.